The lowest BCUT2D eigenvalue weighted by atomic mass is 10.0. The van der Waals surface area contributed by atoms with Gasteiger partial charge in [-0.25, -0.2) is 4.98 Å². The zero-order chi connectivity index (χ0) is 10.8. The Hall–Kier alpha value is -1.63. The number of aromatic nitrogens is 1. The molecule has 1 aromatic heterocycles. The third-order valence-electron chi connectivity index (χ3n) is 2.78. The Balaban J connectivity index is 2.63. The SMILES string of the molecule is Cc1cc(C)c(C)c(-c2ccccc2)[nH+]1. The van der Waals surface area contributed by atoms with Crippen molar-refractivity contribution in [1.82, 2.24) is 0 Å². The highest BCUT2D eigenvalue weighted by molar-refractivity contribution is 5.60. The standard InChI is InChI=1S/C14H15N/c1-10-9-11(2)15-14(12(10)3)13-7-5-4-6-8-13/h4-9H,1-3H3/p+1. The minimum absolute atomic E-state index is 1.21. The smallest absolute Gasteiger partial charge is 0.208 e. The lowest BCUT2D eigenvalue weighted by molar-refractivity contribution is -0.375. The molecular formula is C14H16N+. The Morgan fingerprint density at radius 3 is 2.27 bits per heavy atom. The minimum Gasteiger partial charge on any atom is -0.208 e. The first-order valence-electron chi connectivity index (χ1n) is 5.24. The number of nitrogens with one attached hydrogen (secondary N) is 1. The molecule has 1 heteroatoms. The second-order valence-corrected chi connectivity index (χ2v) is 4.00. The molecule has 0 unspecified atom stereocenters. The van der Waals surface area contributed by atoms with Crippen LogP contribution in [0.4, 0.5) is 0 Å². The molecule has 0 fully saturated rings. The molecule has 1 heterocycles. The lowest BCUT2D eigenvalue weighted by Gasteiger charge is -2.03. The third-order valence-corrected chi connectivity index (χ3v) is 2.78. The summed E-state index contributed by atoms with van der Waals surface area (Å²) in [6, 6.07) is 12.6. The Labute approximate surface area is 90.8 Å². The van der Waals surface area contributed by atoms with Gasteiger partial charge in [0.05, 0.1) is 0 Å². The predicted molar refractivity (Wildman–Crippen MR) is 62.6 cm³/mol. The van der Waals surface area contributed by atoms with Crippen LogP contribution >= 0.6 is 0 Å². The molecule has 0 atom stereocenters. The summed E-state index contributed by atoms with van der Waals surface area (Å²) in [7, 11) is 0. The molecule has 0 aliphatic heterocycles. The monoisotopic (exact) mass is 198 g/mol. The summed E-state index contributed by atoms with van der Waals surface area (Å²) in [6.45, 7) is 6.41. The molecule has 0 saturated heterocycles. The maximum atomic E-state index is 3.43. The Kier molecular flexibility index (Phi) is 2.55. The molecular weight excluding hydrogens is 182 g/mol. The van der Waals surface area contributed by atoms with Crippen LogP contribution in [0.15, 0.2) is 36.4 Å². The molecule has 0 saturated carbocycles. The van der Waals surface area contributed by atoms with Crippen molar-refractivity contribution in [2.75, 3.05) is 0 Å². The van der Waals surface area contributed by atoms with Gasteiger partial charge in [0.2, 0.25) is 5.69 Å². The van der Waals surface area contributed by atoms with Gasteiger partial charge in [0.1, 0.15) is 0 Å². The number of benzene rings is 1. The molecule has 1 aromatic carbocycles. The Morgan fingerprint density at radius 2 is 1.60 bits per heavy atom. The number of rotatable bonds is 1. The fourth-order valence-corrected chi connectivity index (χ4v) is 1.85. The average Bonchev–Trinajstić information content (AvgIpc) is 2.24. The van der Waals surface area contributed by atoms with Crippen molar-refractivity contribution < 1.29 is 4.98 Å². The van der Waals surface area contributed by atoms with Gasteiger partial charge in [0, 0.05) is 24.1 Å². The molecule has 2 rings (SSSR count). The van der Waals surface area contributed by atoms with Crippen LogP contribution in [0.1, 0.15) is 16.8 Å². The van der Waals surface area contributed by atoms with E-state index < -0.39 is 0 Å². The summed E-state index contributed by atoms with van der Waals surface area (Å²) in [5.41, 5.74) is 6.35. The van der Waals surface area contributed by atoms with Gasteiger partial charge in [-0.2, -0.15) is 0 Å². The summed E-state index contributed by atoms with van der Waals surface area (Å²) in [5.74, 6) is 0. The number of hydrogen-bond acceptors (Lipinski definition) is 0. The highest BCUT2D eigenvalue weighted by atomic mass is 14.7. The van der Waals surface area contributed by atoms with E-state index in [9.17, 15) is 0 Å². The van der Waals surface area contributed by atoms with Gasteiger partial charge in [0.15, 0.2) is 5.69 Å². The minimum atomic E-state index is 1.21. The maximum Gasteiger partial charge on any atom is 0.214 e. The second kappa shape index (κ2) is 3.85. The van der Waals surface area contributed by atoms with Crippen LogP contribution in [-0.2, 0) is 0 Å². The summed E-state index contributed by atoms with van der Waals surface area (Å²) < 4.78 is 0. The van der Waals surface area contributed by atoms with Crippen molar-refractivity contribution in [2.24, 2.45) is 0 Å². The molecule has 0 bridgehead atoms. The first-order chi connectivity index (χ1) is 7.18. The van der Waals surface area contributed by atoms with Gasteiger partial charge >= 0.3 is 0 Å². The highest BCUT2D eigenvalue weighted by Crippen LogP contribution is 2.20. The van der Waals surface area contributed by atoms with Crippen LogP contribution in [0.5, 0.6) is 0 Å². The van der Waals surface area contributed by atoms with Crippen LogP contribution in [0.3, 0.4) is 0 Å². The van der Waals surface area contributed by atoms with Crippen molar-refractivity contribution in [1.29, 1.82) is 0 Å². The topological polar surface area (TPSA) is 14.1 Å². The highest BCUT2D eigenvalue weighted by Gasteiger charge is 2.12. The molecule has 0 spiro atoms. The number of aromatic amines is 1. The molecule has 0 aliphatic rings. The molecule has 1 N–H and O–H groups in total. The van der Waals surface area contributed by atoms with E-state index in [1.165, 1.54) is 28.1 Å². The van der Waals surface area contributed by atoms with E-state index in [0.717, 1.165) is 0 Å². The first kappa shape index (κ1) is 9.91. The van der Waals surface area contributed by atoms with Crippen molar-refractivity contribution in [3.05, 3.63) is 53.2 Å². The van der Waals surface area contributed by atoms with E-state index in [2.05, 4.69) is 56.1 Å². The summed E-state index contributed by atoms with van der Waals surface area (Å²) in [6.07, 6.45) is 0. The molecule has 0 radical (unpaired) electrons. The normalized spacial score (nSPS) is 10.3. The largest absolute Gasteiger partial charge is 0.214 e. The summed E-state index contributed by atoms with van der Waals surface area (Å²) >= 11 is 0. The summed E-state index contributed by atoms with van der Waals surface area (Å²) in [4.78, 5) is 3.43. The van der Waals surface area contributed by atoms with Gasteiger partial charge in [-0.1, -0.05) is 18.2 Å². The number of aryl methyl sites for hydroxylation is 2. The van der Waals surface area contributed by atoms with E-state index in [0.29, 0.717) is 0 Å². The quantitative estimate of drug-likeness (QED) is 0.668. The van der Waals surface area contributed by atoms with Gasteiger partial charge in [-0.05, 0) is 31.5 Å². The van der Waals surface area contributed by atoms with Crippen molar-refractivity contribution in [3.63, 3.8) is 0 Å². The van der Waals surface area contributed by atoms with E-state index in [4.69, 9.17) is 0 Å². The van der Waals surface area contributed by atoms with Gasteiger partial charge in [-0.3, -0.25) is 0 Å². The fraction of sp³-hybridized carbons (Fsp3) is 0.214. The van der Waals surface area contributed by atoms with Crippen LogP contribution in [0.25, 0.3) is 11.3 Å². The van der Waals surface area contributed by atoms with Gasteiger partial charge in [0.25, 0.3) is 0 Å². The molecule has 1 nitrogen and oxygen atoms in total. The van der Waals surface area contributed by atoms with Crippen LogP contribution in [0, 0.1) is 20.8 Å². The van der Waals surface area contributed by atoms with E-state index in [-0.39, 0.29) is 0 Å². The maximum absolute atomic E-state index is 3.43. The molecule has 15 heavy (non-hydrogen) atoms. The van der Waals surface area contributed by atoms with E-state index in [1.54, 1.807) is 0 Å². The number of pyridine rings is 1. The number of hydrogen-bond donors (Lipinski definition) is 0. The van der Waals surface area contributed by atoms with Crippen LogP contribution < -0.4 is 4.98 Å². The second-order valence-electron chi connectivity index (χ2n) is 4.00. The van der Waals surface area contributed by atoms with Crippen LogP contribution in [0.2, 0.25) is 0 Å². The predicted octanol–water partition coefficient (Wildman–Crippen LogP) is 3.09. The van der Waals surface area contributed by atoms with Gasteiger partial charge in [-0.15, -0.1) is 0 Å². The molecule has 0 aliphatic carbocycles. The van der Waals surface area contributed by atoms with E-state index in [1.807, 2.05) is 6.07 Å². The van der Waals surface area contributed by atoms with Crippen molar-refractivity contribution in [2.45, 2.75) is 20.8 Å². The van der Waals surface area contributed by atoms with Gasteiger partial charge < -0.3 is 0 Å². The van der Waals surface area contributed by atoms with E-state index >= 15 is 0 Å². The van der Waals surface area contributed by atoms with Crippen molar-refractivity contribution in [3.8, 4) is 11.3 Å². The zero-order valence-corrected chi connectivity index (χ0v) is 9.46. The third kappa shape index (κ3) is 1.91. The number of H-pyrrole nitrogens is 1. The fourth-order valence-electron chi connectivity index (χ4n) is 1.85. The van der Waals surface area contributed by atoms with Crippen LogP contribution in [-0.4, -0.2) is 0 Å². The Bertz CT molecular complexity index is 472. The average molecular weight is 198 g/mol. The molecule has 0 amide bonds. The zero-order valence-electron chi connectivity index (χ0n) is 9.46. The summed E-state index contributed by atoms with van der Waals surface area (Å²) in [5, 5.41) is 0. The molecule has 2 aromatic rings. The first-order valence-corrected chi connectivity index (χ1v) is 5.24. The van der Waals surface area contributed by atoms with Crippen molar-refractivity contribution >= 4 is 0 Å². The Morgan fingerprint density at radius 1 is 0.933 bits per heavy atom. The molecule has 76 valence electrons. The lowest BCUT2D eigenvalue weighted by Crippen LogP contribution is -2.14.